The average Bonchev–Trinajstić information content (AvgIpc) is 3.56. The molecule has 0 spiro atoms. The lowest BCUT2D eigenvalue weighted by Gasteiger charge is -2.01. The number of halogens is 2. The summed E-state index contributed by atoms with van der Waals surface area (Å²) in [7, 11) is 0. The van der Waals surface area contributed by atoms with Gasteiger partial charge in [0, 0.05) is 25.1 Å². The predicted octanol–water partition coefficient (Wildman–Crippen LogP) is 9.49. The van der Waals surface area contributed by atoms with Gasteiger partial charge in [-0.25, -0.2) is 4.39 Å². The number of hydrogen-bond acceptors (Lipinski definition) is 4. The number of unbranched alkanes of at least 4 members (excludes halogenated alkanes) is 6. The fourth-order valence-corrected chi connectivity index (χ4v) is 6.55. The van der Waals surface area contributed by atoms with Crippen molar-refractivity contribution < 1.29 is 4.39 Å². The third-order valence-corrected chi connectivity index (χ3v) is 9.08. The molecule has 0 radical (unpaired) electrons. The molecule has 0 unspecified atom stereocenters. The summed E-state index contributed by atoms with van der Waals surface area (Å²) in [6.45, 7) is 5.21. The molecule has 0 aliphatic heterocycles. The van der Waals surface area contributed by atoms with E-state index in [0.717, 1.165) is 41.8 Å². The molecule has 33 heavy (non-hydrogen) atoms. The van der Waals surface area contributed by atoms with Crippen LogP contribution in [0.3, 0.4) is 0 Å². The van der Waals surface area contributed by atoms with Crippen LogP contribution >= 0.6 is 38.6 Å². The third-order valence-electron chi connectivity index (χ3n) is 5.86. The SMILES string of the molecule is CCCCCCc1ccc(-c2ccc(-c3cc(F)c(Br)c4nn(CCCCCC)nc34)s2)s1. The van der Waals surface area contributed by atoms with E-state index in [2.05, 4.69) is 59.1 Å². The molecule has 0 aliphatic carbocycles. The van der Waals surface area contributed by atoms with E-state index in [1.807, 2.05) is 11.3 Å². The topological polar surface area (TPSA) is 30.7 Å². The molecule has 0 aliphatic rings. The minimum Gasteiger partial charge on any atom is -0.206 e. The second-order valence-electron chi connectivity index (χ2n) is 8.51. The van der Waals surface area contributed by atoms with E-state index < -0.39 is 0 Å². The van der Waals surface area contributed by atoms with Gasteiger partial charge in [-0.1, -0.05) is 52.4 Å². The molecule has 4 aromatic rings. The van der Waals surface area contributed by atoms with Crippen LogP contribution in [-0.4, -0.2) is 15.0 Å². The number of thiophene rings is 2. The molecule has 3 aromatic heterocycles. The van der Waals surface area contributed by atoms with Gasteiger partial charge in [0.1, 0.15) is 16.9 Å². The van der Waals surface area contributed by atoms with Crippen LogP contribution in [0.1, 0.15) is 70.1 Å². The lowest BCUT2D eigenvalue weighted by atomic mass is 10.1. The molecule has 3 heterocycles. The summed E-state index contributed by atoms with van der Waals surface area (Å²) < 4.78 is 15.1. The van der Waals surface area contributed by atoms with Crippen molar-refractivity contribution in [3.63, 3.8) is 0 Å². The van der Waals surface area contributed by atoms with Crippen molar-refractivity contribution in [3.8, 4) is 20.2 Å². The van der Waals surface area contributed by atoms with Crippen LogP contribution < -0.4 is 0 Å². The van der Waals surface area contributed by atoms with Crippen molar-refractivity contribution in [1.82, 2.24) is 15.0 Å². The van der Waals surface area contributed by atoms with Crippen molar-refractivity contribution >= 4 is 49.6 Å². The van der Waals surface area contributed by atoms with Gasteiger partial charge < -0.3 is 0 Å². The summed E-state index contributed by atoms with van der Waals surface area (Å²) in [6, 6.07) is 10.3. The molecule has 1 aromatic carbocycles. The van der Waals surface area contributed by atoms with E-state index in [1.54, 1.807) is 22.2 Å². The zero-order valence-electron chi connectivity index (χ0n) is 19.4. The van der Waals surface area contributed by atoms with Gasteiger partial charge >= 0.3 is 0 Å². The van der Waals surface area contributed by atoms with Gasteiger partial charge in [-0.15, -0.1) is 22.7 Å². The Hall–Kier alpha value is -1.57. The smallest absolute Gasteiger partial charge is 0.140 e. The minimum absolute atomic E-state index is 0.295. The average molecular weight is 549 g/mol. The Labute approximate surface area is 212 Å². The normalized spacial score (nSPS) is 11.6. The van der Waals surface area contributed by atoms with Crippen LogP contribution in [-0.2, 0) is 13.0 Å². The second-order valence-corrected chi connectivity index (χ2v) is 11.6. The second kappa shape index (κ2) is 11.7. The number of rotatable bonds is 12. The van der Waals surface area contributed by atoms with Gasteiger partial charge in [-0.05, 0) is 65.5 Å². The van der Waals surface area contributed by atoms with E-state index in [-0.39, 0.29) is 5.82 Å². The standard InChI is InChI=1S/C26H31BrFN3S2/c1-3-5-7-9-11-18-12-13-22(32-18)23-15-14-21(33-23)19-17-20(28)24(27)26-25(19)29-31(30-26)16-10-8-6-4-2/h12-15,17H,3-11,16H2,1-2H3. The molecule has 3 nitrogen and oxygen atoms in total. The zero-order chi connectivity index (χ0) is 23.2. The first-order chi connectivity index (χ1) is 16.1. The molecule has 176 valence electrons. The van der Waals surface area contributed by atoms with Gasteiger partial charge in [-0.2, -0.15) is 15.0 Å². The van der Waals surface area contributed by atoms with E-state index in [4.69, 9.17) is 5.10 Å². The molecule has 0 saturated heterocycles. The van der Waals surface area contributed by atoms with E-state index in [9.17, 15) is 4.39 Å². The Balaban J connectivity index is 1.56. The van der Waals surface area contributed by atoms with Crippen molar-refractivity contribution in [2.75, 3.05) is 0 Å². The Morgan fingerprint density at radius 2 is 1.48 bits per heavy atom. The van der Waals surface area contributed by atoms with Crippen LogP contribution in [0.5, 0.6) is 0 Å². The van der Waals surface area contributed by atoms with Gasteiger partial charge in [0.05, 0.1) is 11.0 Å². The largest absolute Gasteiger partial charge is 0.206 e. The summed E-state index contributed by atoms with van der Waals surface area (Å²) in [5.41, 5.74) is 2.17. The number of benzene rings is 1. The van der Waals surface area contributed by atoms with E-state index >= 15 is 0 Å². The number of aromatic nitrogens is 3. The maximum Gasteiger partial charge on any atom is 0.140 e. The van der Waals surface area contributed by atoms with Crippen molar-refractivity contribution in [1.29, 1.82) is 0 Å². The first-order valence-electron chi connectivity index (χ1n) is 12.0. The summed E-state index contributed by atoms with van der Waals surface area (Å²) in [5, 5.41) is 9.33. The maximum absolute atomic E-state index is 14.7. The zero-order valence-corrected chi connectivity index (χ0v) is 22.6. The summed E-state index contributed by atoms with van der Waals surface area (Å²) >= 11 is 6.96. The molecule has 0 bridgehead atoms. The van der Waals surface area contributed by atoms with Crippen molar-refractivity contribution in [2.45, 2.75) is 78.2 Å². The number of nitrogens with zero attached hydrogens (tertiary/aromatic N) is 3. The van der Waals surface area contributed by atoms with E-state index in [1.165, 1.54) is 53.2 Å². The highest BCUT2D eigenvalue weighted by atomic mass is 79.9. The summed E-state index contributed by atoms with van der Waals surface area (Å²) in [5.74, 6) is -0.295. The summed E-state index contributed by atoms with van der Waals surface area (Å²) in [6.07, 6.45) is 10.9. The highest BCUT2D eigenvalue weighted by Crippen LogP contribution is 2.41. The predicted molar refractivity (Wildman–Crippen MR) is 144 cm³/mol. The number of aryl methyl sites for hydroxylation is 2. The first kappa shape index (κ1) is 24.6. The molecule has 0 fully saturated rings. The van der Waals surface area contributed by atoms with Crippen LogP contribution in [0.15, 0.2) is 34.8 Å². The molecule has 4 rings (SSSR count). The Kier molecular flexibility index (Phi) is 8.72. The lowest BCUT2D eigenvalue weighted by molar-refractivity contribution is 0.495. The molecule has 7 heteroatoms. The van der Waals surface area contributed by atoms with Crippen LogP contribution in [0.25, 0.3) is 31.2 Å². The lowest BCUT2D eigenvalue weighted by Crippen LogP contribution is -2.02. The van der Waals surface area contributed by atoms with Crippen molar-refractivity contribution in [3.05, 3.63) is 45.5 Å². The summed E-state index contributed by atoms with van der Waals surface area (Å²) in [4.78, 5) is 6.70. The van der Waals surface area contributed by atoms with Crippen LogP contribution in [0, 0.1) is 5.82 Å². The van der Waals surface area contributed by atoms with E-state index in [0.29, 0.717) is 9.99 Å². The van der Waals surface area contributed by atoms with Crippen LogP contribution in [0.4, 0.5) is 4.39 Å². The van der Waals surface area contributed by atoms with Crippen LogP contribution in [0.2, 0.25) is 0 Å². The number of hydrogen-bond donors (Lipinski definition) is 0. The Morgan fingerprint density at radius 1 is 0.818 bits per heavy atom. The Morgan fingerprint density at radius 3 is 2.27 bits per heavy atom. The maximum atomic E-state index is 14.7. The highest BCUT2D eigenvalue weighted by Gasteiger charge is 2.19. The monoisotopic (exact) mass is 547 g/mol. The van der Waals surface area contributed by atoms with Gasteiger partial charge in [0.2, 0.25) is 0 Å². The fourth-order valence-electron chi connectivity index (χ4n) is 4.00. The highest BCUT2D eigenvalue weighted by molar-refractivity contribution is 9.10. The molecule has 0 saturated carbocycles. The fraction of sp³-hybridized carbons (Fsp3) is 0.462. The molecule has 0 N–H and O–H groups in total. The molecule has 0 atom stereocenters. The van der Waals surface area contributed by atoms with Gasteiger partial charge in [-0.3, -0.25) is 0 Å². The quantitative estimate of drug-likeness (QED) is 0.165. The van der Waals surface area contributed by atoms with Crippen molar-refractivity contribution in [2.24, 2.45) is 0 Å². The first-order valence-corrected chi connectivity index (χ1v) is 14.5. The molecule has 0 amide bonds. The molecular weight excluding hydrogens is 517 g/mol. The number of fused-ring (bicyclic) bond motifs is 1. The molecular formula is C26H31BrFN3S2. The minimum atomic E-state index is -0.295. The third kappa shape index (κ3) is 5.92. The Bertz CT molecular complexity index is 1190. The van der Waals surface area contributed by atoms with Gasteiger partial charge in [0.15, 0.2) is 0 Å². The van der Waals surface area contributed by atoms with Gasteiger partial charge in [0.25, 0.3) is 0 Å².